The fourth-order valence-electron chi connectivity index (χ4n) is 3.43. The number of benzene rings is 1. The first-order valence-electron chi connectivity index (χ1n) is 8.43. The molecule has 0 spiro atoms. The minimum Gasteiger partial charge on any atom is -0.348 e. The molecule has 1 saturated carbocycles. The number of carbonyl (C=O) groups is 1. The zero-order valence-electron chi connectivity index (χ0n) is 13.3. The lowest BCUT2D eigenvalue weighted by Gasteiger charge is -2.23. The van der Waals surface area contributed by atoms with Gasteiger partial charge >= 0.3 is 0 Å². The SMILES string of the molecule is O=C(N[C@H]1CCCNC1)c1ccc(S(=O)(=O)C2CCCC2)cc1. The third-order valence-electron chi connectivity index (χ3n) is 4.82. The van der Waals surface area contributed by atoms with Crippen LogP contribution in [0.5, 0.6) is 0 Å². The summed E-state index contributed by atoms with van der Waals surface area (Å²) >= 11 is 0. The molecule has 3 rings (SSSR count). The summed E-state index contributed by atoms with van der Waals surface area (Å²) in [7, 11) is -3.25. The summed E-state index contributed by atoms with van der Waals surface area (Å²) in [6, 6.07) is 6.53. The van der Waals surface area contributed by atoms with Crippen LogP contribution in [0, 0.1) is 0 Å². The molecule has 1 aliphatic heterocycles. The molecule has 2 fully saturated rings. The molecule has 23 heavy (non-hydrogen) atoms. The third-order valence-corrected chi connectivity index (χ3v) is 7.10. The highest BCUT2D eigenvalue weighted by Crippen LogP contribution is 2.29. The van der Waals surface area contributed by atoms with E-state index in [-0.39, 0.29) is 17.2 Å². The van der Waals surface area contributed by atoms with Crippen molar-refractivity contribution < 1.29 is 13.2 Å². The molecule has 6 heteroatoms. The van der Waals surface area contributed by atoms with E-state index in [1.165, 1.54) is 0 Å². The second-order valence-electron chi connectivity index (χ2n) is 6.49. The molecule has 5 nitrogen and oxygen atoms in total. The zero-order chi connectivity index (χ0) is 16.3. The molecular formula is C17H24N2O3S. The van der Waals surface area contributed by atoms with E-state index in [1.807, 2.05) is 0 Å². The van der Waals surface area contributed by atoms with Crippen molar-refractivity contribution in [2.45, 2.75) is 54.7 Å². The van der Waals surface area contributed by atoms with Crippen molar-refractivity contribution in [2.75, 3.05) is 13.1 Å². The normalized spacial score (nSPS) is 22.9. The first kappa shape index (κ1) is 16.5. The number of sulfone groups is 1. The highest BCUT2D eigenvalue weighted by molar-refractivity contribution is 7.92. The molecule has 1 saturated heterocycles. The molecule has 1 heterocycles. The largest absolute Gasteiger partial charge is 0.348 e. The zero-order valence-corrected chi connectivity index (χ0v) is 14.1. The second-order valence-corrected chi connectivity index (χ2v) is 8.72. The maximum absolute atomic E-state index is 12.5. The fourth-order valence-corrected chi connectivity index (χ4v) is 5.29. The average Bonchev–Trinajstić information content (AvgIpc) is 3.11. The van der Waals surface area contributed by atoms with E-state index in [0.29, 0.717) is 10.5 Å². The molecule has 1 atom stereocenters. The lowest BCUT2D eigenvalue weighted by Crippen LogP contribution is -2.45. The van der Waals surface area contributed by atoms with Crippen LogP contribution < -0.4 is 10.6 Å². The van der Waals surface area contributed by atoms with Gasteiger partial charge < -0.3 is 10.6 Å². The summed E-state index contributed by atoms with van der Waals surface area (Å²) < 4.78 is 25.0. The van der Waals surface area contributed by atoms with Crippen LogP contribution >= 0.6 is 0 Å². The van der Waals surface area contributed by atoms with Gasteiger partial charge in [0.05, 0.1) is 10.1 Å². The molecule has 0 radical (unpaired) electrons. The van der Waals surface area contributed by atoms with E-state index < -0.39 is 9.84 Å². The van der Waals surface area contributed by atoms with Crippen molar-refractivity contribution in [3.8, 4) is 0 Å². The Morgan fingerprint density at radius 3 is 2.35 bits per heavy atom. The van der Waals surface area contributed by atoms with Crippen molar-refractivity contribution in [1.82, 2.24) is 10.6 Å². The molecular weight excluding hydrogens is 312 g/mol. The second kappa shape index (κ2) is 7.01. The van der Waals surface area contributed by atoms with E-state index in [0.717, 1.165) is 51.6 Å². The van der Waals surface area contributed by atoms with Crippen LogP contribution in [-0.2, 0) is 9.84 Å². The summed E-state index contributed by atoms with van der Waals surface area (Å²) in [4.78, 5) is 12.6. The Bertz CT molecular complexity index is 643. The van der Waals surface area contributed by atoms with Crippen LogP contribution in [0.4, 0.5) is 0 Å². The minimum absolute atomic E-state index is 0.136. The first-order valence-corrected chi connectivity index (χ1v) is 9.97. The van der Waals surface area contributed by atoms with Crippen LogP contribution in [0.15, 0.2) is 29.2 Å². The summed E-state index contributed by atoms with van der Waals surface area (Å²) in [5.41, 5.74) is 0.515. The number of nitrogens with one attached hydrogen (secondary N) is 2. The van der Waals surface area contributed by atoms with E-state index in [4.69, 9.17) is 0 Å². The standard InChI is InChI=1S/C17H24N2O3S/c20-17(19-14-4-3-11-18-12-14)13-7-9-16(10-8-13)23(21,22)15-5-1-2-6-15/h7-10,14-15,18H,1-6,11-12H2,(H,19,20)/t14-/m0/s1. The van der Waals surface area contributed by atoms with Gasteiger partial charge in [0, 0.05) is 18.2 Å². The summed E-state index contributed by atoms with van der Waals surface area (Å²) in [6.07, 6.45) is 5.51. The quantitative estimate of drug-likeness (QED) is 0.880. The Balaban J connectivity index is 1.67. The Labute approximate surface area is 137 Å². The molecule has 0 aromatic heterocycles. The third kappa shape index (κ3) is 3.75. The van der Waals surface area contributed by atoms with Crippen LogP contribution in [0.1, 0.15) is 48.9 Å². The molecule has 2 aliphatic rings. The molecule has 2 N–H and O–H groups in total. The van der Waals surface area contributed by atoms with E-state index >= 15 is 0 Å². The molecule has 0 unspecified atom stereocenters. The lowest BCUT2D eigenvalue weighted by atomic mass is 10.1. The van der Waals surface area contributed by atoms with Crippen LogP contribution in [0.2, 0.25) is 0 Å². The Morgan fingerprint density at radius 2 is 1.74 bits per heavy atom. The Morgan fingerprint density at radius 1 is 1.04 bits per heavy atom. The van der Waals surface area contributed by atoms with Gasteiger partial charge in [-0.3, -0.25) is 4.79 Å². The van der Waals surface area contributed by atoms with Crippen molar-refractivity contribution in [3.05, 3.63) is 29.8 Å². The van der Waals surface area contributed by atoms with Gasteiger partial charge in [0.25, 0.3) is 5.91 Å². The number of piperidine rings is 1. The van der Waals surface area contributed by atoms with Gasteiger partial charge in [-0.25, -0.2) is 8.42 Å². The van der Waals surface area contributed by atoms with Gasteiger partial charge in [0.1, 0.15) is 0 Å². The predicted octanol–water partition coefficient (Wildman–Crippen LogP) is 1.88. The Kier molecular flexibility index (Phi) is 5.02. The first-order chi connectivity index (χ1) is 11.1. The van der Waals surface area contributed by atoms with Crippen molar-refractivity contribution >= 4 is 15.7 Å². The van der Waals surface area contributed by atoms with E-state index in [1.54, 1.807) is 24.3 Å². The van der Waals surface area contributed by atoms with E-state index in [2.05, 4.69) is 10.6 Å². The number of hydrogen-bond acceptors (Lipinski definition) is 4. The summed E-state index contributed by atoms with van der Waals surface area (Å²) in [5, 5.41) is 6.00. The summed E-state index contributed by atoms with van der Waals surface area (Å²) in [5.74, 6) is -0.136. The number of hydrogen-bond donors (Lipinski definition) is 2. The smallest absolute Gasteiger partial charge is 0.251 e. The van der Waals surface area contributed by atoms with Gasteiger partial charge in [-0.05, 0) is 56.5 Å². The van der Waals surface area contributed by atoms with Gasteiger partial charge in [-0.2, -0.15) is 0 Å². The van der Waals surface area contributed by atoms with Gasteiger partial charge in [-0.15, -0.1) is 0 Å². The molecule has 1 aromatic carbocycles. The molecule has 1 aromatic rings. The summed E-state index contributed by atoms with van der Waals surface area (Å²) in [6.45, 7) is 1.79. The molecule has 0 bridgehead atoms. The topological polar surface area (TPSA) is 75.3 Å². The average molecular weight is 336 g/mol. The number of carbonyl (C=O) groups excluding carboxylic acids is 1. The Hall–Kier alpha value is -1.40. The maximum atomic E-state index is 12.5. The fraction of sp³-hybridized carbons (Fsp3) is 0.588. The van der Waals surface area contributed by atoms with Crippen molar-refractivity contribution in [3.63, 3.8) is 0 Å². The molecule has 126 valence electrons. The highest BCUT2D eigenvalue weighted by Gasteiger charge is 2.30. The van der Waals surface area contributed by atoms with E-state index in [9.17, 15) is 13.2 Å². The molecule has 1 amide bonds. The maximum Gasteiger partial charge on any atom is 0.251 e. The van der Waals surface area contributed by atoms with Gasteiger partial charge in [0.15, 0.2) is 9.84 Å². The predicted molar refractivity (Wildman–Crippen MR) is 89.2 cm³/mol. The monoisotopic (exact) mass is 336 g/mol. The van der Waals surface area contributed by atoms with Gasteiger partial charge in [0.2, 0.25) is 0 Å². The number of amides is 1. The minimum atomic E-state index is -3.25. The highest BCUT2D eigenvalue weighted by atomic mass is 32.2. The van der Waals surface area contributed by atoms with Gasteiger partial charge in [-0.1, -0.05) is 12.8 Å². The van der Waals surface area contributed by atoms with Crippen LogP contribution in [0.3, 0.4) is 0 Å². The lowest BCUT2D eigenvalue weighted by molar-refractivity contribution is 0.0930. The molecule has 1 aliphatic carbocycles. The number of rotatable bonds is 4. The van der Waals surface area contributed by atoms with Crippen LogP contribution in [-0.4, -0.2) is 38.7 Å². The van der Waals surface area contributed by atoms with Crippen LogP contribution in [0.25, 0.3) is 0 Å². The van der Waals surface area contributed by atoms with Crippen molar-refractivity contribution in [1.29, 1.82) is 0 Å². The van der Waals surface area contributed by atoms with Crippen molar-refractivity contribution in [2.24, 2.45) is 0 Å².